The van der Waals surface area contributed by atoms with Crippen LogP contribution in [-0.4, -0.2) is 72.9 Å². The zero-order valence-corrected chi connectivity index (χ0v) is 16.5. The molecule has 0 bridgehead atoms. The molecule has 0 spiro atoms. The van der Waals surface area contributed by atoms with Crippen LogP contribution in [0.15, 0.2) is 24.3 Å². The van der Waals surface area contributed by atoms with E-state index < -0.39 is 11.8 Å². The van der Waals surface area contributed by atoms with E-state index in [1.165, 1.54) is 7.11 Å². The number of ether oxygens (including phenoxy) is 3. The number of nitrogens with zero attached hydrogens (tertiary/aromatic N) is 3. The van der Waals surface area contributed by atoms with E-state index in [1.807, 2.05) is 29.2 Å². The maximum absolute atomic E-state index is 12.6. The van der Waals surface area contributed by atoms with Crippen molar-refractivity contribution < 1.29 is 23.8 Å². The molecule has 8 heteroatoms. The first-order valence-electron chi connectivity index (χ1n) is 9.99. The fourth-order valence-electron chi connectivity index (χ4n) is 4.38. The van der Waals surface area contributed by atoms with Crippen molar-refractivity contribution >= 4 is 11.9 Å². The van der Waals surface area contributed by atoms with Crippen LogP contribution in [0.5, 0.6) is 5.75 Å². The number of likely N-dealkylation sites (tertiary alicyclic amines) is 2. The summed E-state index contributed by atoms with van der Waals surface area (Å²) in [6.45, 7) is 2.10. The van der Waals surface area contributed by atoms with Gasteiger partial charge < -0.3 is 19.1 Å². The highest BCUT2D eigenvalue weighted by Gasteiger charge is 2.51. The topological polar surface area (TPSA) is 92.1 Å². The molecule has 4 rings (SSSR count). The normalized spacial score (nSPS) is 28.6. The number of hydrogen-bond acceptors (Lipinski definition) is 7. The molecule has 0 aromatic heterocycles. The van der Waals surface area contributed by atoms with Gasteiger partial charge in [0.2, 0.25) is 5.91 Å². The van der Waals surface area contributed by atoms with E-state index >= 15 is 0 Å². The summed E-state index contributed by atoms with van der Waals surface area (Å²) in [7, 11) is 1.32. The molecule has 3 atom stereocenters. The Morgan fingerprint density at radius 1 is 1.31 bits per heavy atom. The maximum Gasteiger partial charge on any atom is 0.379 e. The Balaban J connectivity index is 1.38. The average Bonchev–Trinajstić information content (AvgIpc) is 3.45. The Morgan fingerprint density at radius 2 is 2.14 bits per heavy atom. The Kier molecular flexibility index (Phi) is 5.43. The summed E-state index contributed by atoms with van der Waals surface area (Å²) in [4.78, 5) is 28.8. The molecule has 8 nitrogen and oxygen atoms in total. The molecular formula is C21H25N3O5. The molecule has 1 amide bonds. The largest absolute Gasteiger partial charge is 0.464 e. The number of para-hydroxylation sites is 1. The summed E-state index contributed by atoms with van der Waals surface area (Å²) in [5.74, 6) is -1.44. The van der Waals surface area contributed by atoms with Crippen molar-refractivity contribution in [2.24, 2.45) is 0 Å². The number of carbonyl (C=O) groups excluding carboxylic acids is 2. The highest BCUT2D eigenvalue weighted by atomic mass is 16.7. The number of rotatable bonds is 5. The van der Waals surface area contributed by atoms with Gasteiger partial charge >= 0.3 is 11.8 Å². The monoisotopic (exact) mass is 399 g/mol. The number of hydrogen-bond donors (Lipinski definition) is 0. The number of benzene rings is 1. The van der Waals surface area contributed by atoms with E-state index in [4.69, 9.17) is 14.2 Å². The fourth-order valence-corrected chi connectivity index (χ4v) is 4.38. The van der Waals surface area contributed by atoms with E-state index in [2.05, 4.69) is 6.07 Å². The molecule has 2 fully saturated rings. The zero-order valence-electron chi connectivity index (χ0n) is 16.5. The van der Waals surface area contributed by atoms with Gasteiger partial charge in [-0.3, -0.25) is 9.69 Å². The number of carbonyl (C=O) groups is 2. The second-order valence-corrected chi connectivity index (χ2v) is 7.77. The van der Waals surface area contributed by atoms with Crippen LogP contribution in [0.25, 0.3) is 0 Å². The minimum atomic E-state index is -1.48. The van der Waals surface area contributed by atoms with Gasteiger partial charge in [-0.15, -0.1) is 0 Å². The maximum atomic E-state index is 12.6. The van der Waals surface area contributed by atoms with E-state index in [0.717, 1.165) is 18.4 Å². The lowest BCUT2D eigenvalue weighted by Crippen LogP contribution is -2.50. The standard InChI is InChI=1S/C21H25N3O5/c1-27-20(26)21(11-15-5-2-3-7-18(15)29-21)28-17-8-10-23(13-17)14-19(25)24-9-4-6-16(24)12-22/h2-3,5,7,16-17H,4,6,8-11,13-14H2,1H3/t16-,17-,21?/m0/s1. The van der Waals surface area contributed by atoms with Crippen molar-refractivity contribution in [3.63, 3.8) is 0 Å². The van der Waals surface area contributed by atoms with E-state index in [-0.39, 0.29) is 24.6 Å². The summed E-state index contributed by atoms with van der Waals surface area (Å²) in [5.41, 5.74) is 0.902. The Labute approximate surface area is 169 Å². The minimum absolute atomic E-state index is 0.0260. The number of esters is 1. The summed E-state index contributed by atoms with van der Waals surface area (Å²) in [5, 5.41) is 9.19. The van der Waals surface area contributed by atoms with E-state index in [9.17, 15) is 14.9 Å². The molecular weight excluding hydrogens is 374 g/mol. The van der Waals surface area contributed by atoms with Crippen molar-refractivity contribution in [1.82, 2.24) is 9.80 Å². The first-order chi connectivity index (χ1) is 14.0. The quantitative estimate of drug-likeness (QED) is 0.685. The summed E-state index contributed by atoms with van der Waals surface area (Å²) in [6.07, 6.45) is 2.35. The molecule has 0 saturated carbocycles. The first kappa shape index (κ1) is 19.7. The molecule has 3 aliphatic heterocycles. The minimum Gasteiger partial charge on any atom is -0.464 e. The molecule has 3 aliphatic rings. The third-order valence-corrected chi connectivity index (χ3v) is 5.83. The van der Waals surface area contributed by atoms with Crippen molar-refractivity contribution in [2.75, 3.05) is 33.3 Å². The average molecular weight is 399 g/mol. The molecule has 1 aromatic rings. The third kappa shape index (κ3) is 3.80. The highest BCUT2D eigenvalue weighted by molar-refractivity contribution is 5.80. The van der Waals surface area contributed by atoms with Crippen LogP contribution in [0.2, 0.25) is 0 Å². The second-order valence-electron chi connectivity index (χ2n) is 7.77. The van der Waals surface area contributed by atoms with Crippen LogP contribution < -0.4 is 4.74 Å². The number of amides is 1. The van der Waals surface area contributed by atoms with Crippen LogP contribution in [0.3, 0.4) is 0 Å². The number of methoxy groups -OCH3 is 1. The van der Waals surface area contributed by atoms with Crippen molar-refractivity contribution in [1.29, 1.82) is 5.26 Å². The fraction of sp³-hybridized carbons (Fsp3) is 0.571. The van der Waals surface area contributed by atoms with Gasteiger partial charge in [-0.25, -0.2) is 4.79 Å². The van der Waals surface area contributed by atoms with Gasteiger partial charge in [0, 0.05) is 25.2 Å². The first-order valence-corrected chi connectivity index (χ1v) is 9.99. The lowest BCUT2D eigenvalue weighted by atomic mass is 10.1. The van der Waals surface area contributed by atoms with Gasteiger partial charge in [-0.1, -0.05) is 18.2 Å². The van der Waals surface area contributed by atoms with Gasteiger partial charge in [0.15, 0.2) is 0 Å². The van der Waals surface area contributed by atoms with Crippen molar-refractivity contribution in [2.45, 2.75) is 43.6 Å². The van der Waals surface area contributed by atoms with Gasteiger partial charge in [0.05, 0.1) is 32.2 Å². The van der Waals surface area contributed by atoms with E-state index in [0.29, 0.717) is 38.2 Å². The van der Waals surface area contributed by atoms with Crippen molar-refractivity contribution in [3.05, 3.63) is 29.8 Å². The molecule has 2 saturated heterocycles. The predicted molar refractivity (Wildman–Crippen MR) is 102 cm³/mol. The SMILES string of the molecule is COC(=O)C1(O[C@H]2CCN(CC(=O)N3CCC[C@H]3C#N)C2)Cc2ccccc2O1. The van der Waals surface area contributed by atoms with Crippen molar-refractivity contribution in [3.8, 4) is 11.8 Å². The molecule has 0 N–H and O–H groups in total. The second kappa shape index (κ2) is 8.01. The number of nitriles is 1. The zero-order chi connectivity index (χ0) is 20.4. The Hall–Kier alpha value is -2.63. The third-order valence-electron chi connectivity index (χ3n) is 5.83. The molecule has 0 radical (unpaired) electrons. The molecule has 1 unspecified atom stereocenters. The van der Waals surface area contributed by atoms with Gasteiger partial charge in [0.1, 0.15) is 11.8 Å². The van der Waals surface area contributed by atoms with Crippen LogP contribution in [0.1, 0.15) is 24.8 Å². The van der Waals surface area contributed by atoms with Crippen LogP contribution >= 0.6 is 0 Å². The van der Waals surface area contributed by atoms with Gasteiger partial charge in [-0.05, 0) is 25.3 Å². The summed E-state index contributed by atoms with van der Waals surface area (Å²) < 4.78 is 17.0. The molecule has 0 aliphatic carbocycles. The smallest absolute Gasteiger partial charge is 0.379 e. The summed E-state index contributed by atoms with van der Waals surface area (Å²) >= 11 is 0. The van der Waals surface area contributed by atoms with Crippen LogP contribution in [-0.2, 0) is 25.5 Å². The molecule has 154 valence electrons. The number of fused-ring (bicyclic) bond motifs is 1. The van der Waals surface area contributed by atoms with Crippen LogP contribution in [0.4, 0.5) is 0 Å². The predicted octanol–water partition coefficient (Wildman–Crippen LogP) is 1.10. The van der Waals surface area contributed by atoms with Gasteiger partial charge in [-0.2, -0.15) is 5.26 Å². The summed E-state index contributed by atoms with van der Waals surface area (Å²) in [6, 6.07) is 9.35. The molecule has 1 aromatic carbocycles. The Bertz CT molecular complexity index is 811. The van der Waals surface area contributed by atoms with E-state index in [1.54, 1.807) is 4.90 Å². The van der Waals surface area contributed by atoms with Gasteiger partial charge in [0.25, 0.3) is 0 Å². The lowest BCUT2D eigenvalue weighted by Gasteiger charge is -2.29. The molecule has 29 heavy (non-hydrogen) atoms. The highest BCUT2D eigenvalue weighted by Crippen LogP contribution is 2.38. The Morgan fingerprint density at radius 3 is 2.90 bits per heavy atom. The van der Waals surface area contributed by atoms with Crippen LogP contribution in [0, 0.1) is 11.3 Å². The lowest BCUT2D eigenvalue weighted by molar-refractivity contribution is -0.221. The molecule has 3 heterocycles.